The maximum absolute atomic E-state index is 13.6. The van der Waals surface area contributed by atoms with Crippen LogP contribution in [0.15, 0.2) is 36.5 Å². The number of carboxylic acid groups (broad SMARTS) is 1. The molecule has 4 rings (SSSR count). The molecule has 2 fully saturated rings. The van der Waals surface area contributed by atoms with E-state index >= 15 is 0 Å². The van der Waals surface area contributed by atoms with Crippen molar-refractivity contribution >= 4 is 46.7 Å². The van der Waals surface area contributed by atoms with Crippen LogP contribution in [0.4, 0.5) is 0 Å². The van der Waals surface area contributed by atoms with Gasteiger partial charge in [-0.15, -0.1) is 0 Å². The van der Waals surface area contributed by atoms with E-state index in [1.807, 2.05) is 12.1 Å². The topological polar surface area (TPSA) is 166 Å². The molecule has 3 unspecified atom stereocenters. The number of carbonyl (C=O) groups excluding carboxylic acids is 5. The van der Waals surface area contributed by atoms with Gasteiger partial charge in [-0.25, -0.2) is 5.01 Å². The third kappa shape index (κ3) is 5.02. The SMILES string of the molecule is O=CC(CC(=O)O)NC(=O)C1CCCN2C(=O)CCC(NC(=O)c3nccc4ccccc34)C(=O)N12. The van der Waals surface area contributed by atoms with E-state index in [9.17, 15) is 28.8 Å². The lowest BCUT2D eigenvalue weighted by Gasteiger charge is -2.43. The Labute approximate surface area is 205 Å². The van der Waals surface area contributed by atoms with Gasteiger partial charge in [-0.2, -0.15) is 0 Å². The Bertz CT molecular complexity index is 1230. The summed E-state index contributed by atoms with van der Waals surface area (Å²) in [6, 6.07) is 5.40. The van der Waals surface area contributed by atoms with E-state index in [-0.39, 0.29) is 37.4 Å². The van der Waals surface area contributed by atoms with Gasteiger partial charge >= 0.3 is 5.97 Å². The van der Waals surface area contributed by atoms with E-state index in [1.165, 1.54) is 11.2 Å². The molecule has 188 valence electrons. The molecule has 12 heteroatoms. The van der Waals surface area contributed by atoms with E-state index in [2.05, 4.69) is 15.6 Å². The highest BCUT2D eigenvalue weighted by Crippen LogP contribution is 2.25. The van der Waals surface area contributed by atoms with Crippen molar-refractivity contribution < 1.29 is 33.9 Å². The van der Waals surface area contributed by atoms with Gasteiger partial charge in [0.25, 0.3) is 11.8 Å². The van der Waals surface area contributed by atoms with Crippen LogP contribution in [0.5, 0.6) is 0 Å². The molecule has 4 amide bonds. The van der Waals surface area contributed by atoms with Crippen molar-refractivity contribution in [1.29, 1.82) is 0 Å². The highest BCUT2D eigenvalue weighted by molar-refractivity contribution is 6.07. The minimum atomic E-state index is -1.28. The van der Waals surface area contributed by atoms with Gasteiger partial charge in [-0.3, -0.25) is 34.0 Å². The van der Waals surface area contributed by atoms with Crippen LogP contribution in [-0.4, -0.2) is 80.7 Å². The maximum Gasteiger partial charge on any atom is 0.305 e. The third-order valence-electron chi connectivity index (χ3n) is 6.24. The van der Waals surface area contributed by atoms with Gasteiger partial charge in [0.1, 0.15) is 24.1 Å². The number of pyridine rings is 1. The average Bonchev–Trinajstić information content (AvgIpc) is 2.99. The Balaban J connectivity index is 1.57. The molecule has 0 aliphatic carbocycles. The van der Waals surface area contributed by atoms with Crippen molar-refractivity contribution in [1.82, 2.24) is 25.6 Å². The molecule has 1 aromatic heterocycles. The molecule has 3 N–H and O–H groups in total. The Kier molecular flexibility index (Phi) is 7.23. The number of carboxylic acids is 1. The summed E-state index contributed by atoms with van der Waals surface area (Å²) in [5, 5.41) is 17.6. The van der Waals surface area contributed by atoms with Gasteiger partial charge in [0.05, 0.1) is 12.5 Å². The number of hydrogen-bond donors (Lipinski definition) is 3. The molecule has 0 radical (unpaired) electrons. The van der Waals surface area contributed by atoms with Crippen LogP contribution in [0, 0.1) is 0 Å². The Morgan fingerprint density at radius 3 is 2.69 bits per heavy atom. The largest absolute Gasteiger partial charge is 0.481 e. The number of nitrogens with zero attached hydrogens (tertiary/aromatic N) is 3. The summed E-state index contributed by atoms with van der Waals surface area (Å²) in [6.45, 7) is 0.214. The molecule has 2 aliphatic heterocycles. The summed E-state index contributed by atoms with van der Waals surface area (Å²) in [5.41, 5.74) is 0.128. The first kappa shape index (κ1) is 24.8. The van der Waals surface area contributed by atoms with E-state index in [4.69, 9.17) is 5.11 Å². The molecule has 3 atom stereocenters. The maximum atomic E-state index is 13.6. The lowest BCUT2D eigenvalue weighted by Crippen LogP contribution is -2.64. The second-order valence-corrected chi connectivity index (χ2v) is 8.65. The van der Waals surface area contributed by atoms with Crippen LogP contribution in [0.2, 0.25) is 0 Å². The Morgan fingerprint density at radius 1 is 1.17 bits per heavy atom. The van der Waals surface area contributed by atoms with Gasteiger partial charge < -0.3 is 20.5 Å². The molecule has 2 aliphatic rings. The second-order valence-electron chi connectivity index (χ2n) is 8.65. The lowest BCUT2D eigenvalue weighted by atomic mass is 10.0. The fourth-order valence-corrected chi connectivity index (χ4v) is 4.53. The van der Waals surface area contributed by atoms with Crippen molar-refractivity contribution in [2.45, 2.75) is 50.2 Å². The van der Waals surface area contributed by atoms with Gasteiger partial charge in [-0.1, -0.05) is 24.3 Å². The number of aromatic nitrogens is 1. The number of nitrogens with one attached hydrogen (secondary N) is 2. The quantitative estimate of drug-likeness (QED) is 0.452. The number of carbonyl (C=O) groups is 6. The normalized spacial score (nSPS) is 20.8. The van der Waals surface area contributed by atoms with Crippen LogP contribution in [-0.2, 0) is 24.0 Å². The number of fused-ring (bicyclic) bond motifs is 2. The lowest BCUT2D eigenvalue weighted by molar-refractivity contribution is -0.176. The van der Waals surface area contributed by atoms with Crippen molar-refractivity contribution in [3.8, 4) is 0 Å². The summed E-state index contributed by atoms with van der Waals surface area (Å²) < 4.78 is 0. The van der Waals surface area contributed by atoms with Crippen molar-refractivity contribution in [2.75, 3.05) is 6.54 Å². The third-order valence-corrected chi connectivity index (χ3v) is 6.24. The molecule has 3 heterocycles. The summed E-state index contributed by atoms with van der Waals surface area (Å²) in [5.74, 6) is -3.63. The van der Waals surface area contributed by atoms with Gasteiger partial charge in [0, 0.05) is 24.5 Å². The summed E-state index contributed by atoms with van der Waals surface area (Å²) >= 11 is 0. The number of rotatable bonds is 7. The zero-order valence-corrected chi connectivity index (χ0v) is 19.3. The minimum Gasteiger partial charge on any atom is -0.481 e. The van der Waals surface area contributed by atoms with Crippen molar-refractivity contribution in [3.63, 3.8) is 0 Å². The molecule has 1 aromatic carbocycles. The van der Waals surface area contributed by atoms with Crippen LogP contribution >= 0.6 is 0 Å². The smallest absolute Gasteiger partial charge is 0.305 e. The Hall–Kier alpha value is -4.35. The summed E-state index contributed by atoms with van der Waals surface area (Å²) in [4.78, 5) is 78.8. The van der Waals surface area contributed by atoms with E-state index < -0.39 is 48.2 Å². The van der Waals surface area contributed by atoms with Gasteiger partial charge in [0.15, 0.2) is 0 Å². The van der Waals surface area contributed by atoms with E-state index in [0.717, 1.165) is 10.4 Å². The van der Waals surface area contributed by atoms with Crippen LogP contribution in [0.3, 0.4) is 0 Å². The van der Waals surface area contributed by atoms with Crippen LogP contribution < -0.4 is 10.6 Å². The predicted molar refractivity (Wildman–Crippen MR) is 124 cm³/mol. The number of hydrogen-bond acceptors (Lipinski definition) is 7. The zero-order valence-electron chi connectivity index (χ0n) is 19.3. The van der Waals surface area contributed by atoms with Crippen molar-refractivity contribution in [2.24, 2.45) is 0 Å². The highest BCUT2D eigenvalue weighted by atomic mass is 16.4. The van der Waals surface area contributed by atoms with Crippen molar-refractivity contribution in [3.05, 3.63) is 42.2 Å². The van der Waals surface area contributed by atoms with Gasteiger partial charge in [-0.05, 0) is 30.7 Å². The highest BCUT2D eigenvalue weighted by Gasteiger charge is 2.45. The number of hydrazine groups is 1. The molecule has 12 nitrogen and oxygen atoms in total. The zero-order chi connectivity index (χ0) is 25.8. The first-order chi connectivity index (χ1) is 17.3. The van der Waals surface area contributed by atoms with E-state index in [1.54, 1.807) is 18.2 Å². The predicted octanol–water partition coefficient (Wildman–Crippen LogP) is 0.0200. The number of amides is 4. The van der Waals surface area contributed by atoms with Crippen LogP contribution in [0.1, 0.15) is 42.6 Å². The first-order valence-electron chi connectivity index (χ1n) is 11.6. The molecular weight excluding hydrogens is 470 g/mol. The number of aldehydes is 1. The summed E-state index contributed by atoms with van der Waals surface area (Å²) in [6.07, 6.45) is 1.81. The Morgan fingerprint density at radius 2 is 1.94 bits per heavy atom. The van der Waals surface area contributed by atoms with Crippen LogP contribution in [0.25, 0.3) is 10.8 Å². The molecular formula is C24H25N5O7. The average molecular weight is 495 g/mol. The minimum absolute atomic E-state index is 0.0273. The molecule has 2 saturated heterocycles. The fourth-order valence-electron chi connectivity index (χ4n) is 4.53. The molecule has 0 spiro atoms. The number of aliphatic carboxylic acids is 1. The molecule has 36 heavy (non-hydrogen) atoms. The monoisotopic (exact) mass is 495 g/mol. The standard InChI is InChI=1S/C24H25N5O7/c30-13-15(12-20(32)33)26-22(34)18-6-3-11-28-19(31)8-7-17(24(36)29(18)28)27-23(35)21-16-5-2-1-4-14(16)9-10-25-21/h1-2,4-5,9-10,13,15,17-18H,3,6-8,11-12H2,(H,26,34)(H,27,35)(H,32,33). The van der Waals surface area contributed by atoms with Gasteiger partial charge in [0.2, 0.25) is 11.8 Å². The number of benzene rings is 1. The summed E-state index contributed by atoms with van der Waals surface area (Å²) in [7, 11) is 0. The molecule has 0 saturated carbocycles. The molecule has 0 bridgehead atoms. The molecule has 2 aromatic rings. The second kappa shape index (κ2) is 10.5. The van der Waals surface area contributed by atoms with E-state index in [0.29, 0.717) is 18.1 Å². The fraction of sp³-hybridized carbons (Fsp3) is 0.375. The first-order valence-corrected chi connectivity index (χ1v) is 11.6.